The van der Waals surface area contributed by atoms with Gasteiger partial charge >= 0.3 is 0 Å². The number of aliphatic imine (C=N–C) groups is 1. The summed E-state index contributed by atoms with van der Waals surface area (Å²) < 4.78 is 16.9. The summed E-state index contributed by atoms with van der Waals surface area (Å²) in [6, 6.07) is 16.6. The zero-order chi connectivity index (χ0) is 21.7. The van der Waals surface area contributed by atoms with Crippen molar-refractivity contribution in [1.29, 1.82) is 0 Å². The lowest BCUT2D eigenvalue weighted by molar-refractivity contribution is -0.0390. The second-order valence-electron chi connectivity index (χ2n) is 7.63. The molecular formula is C25H36IN3O3. The maximum Gasteiger partial charge on any atom is 0.191 e. The summed E-state index contributed by atoms with van der Waals surface area (Å²) in [6.45, 7) is 6.54. The molecule has 176 valence electrons. The summed E-state index contributed by atoms with van der Waals surface area (Å²) >= 11 is 0. The third kappa shape index (κ3) is 8.96. The fourth-order valence-electron chi connectivity index (χ4n) is 3.61. The van der Waals surface area contributed by atoms with Crippen molar-refractivity contribution in [2.75, 3.05) is 33.4 Å². The van der Waals surface area contributed by atoms with Crippen LogP contribution in [0.1, 0.15) is 36.5 Å². The first-order valence-electron chi connectivity index (χ1n) is 11.2. The molecule has 0 aliphatic carbocycles. The van der Waals surface area contributed by atoms with Crippen LogP contribution in [0.5, 0.6) is 5.75 Å². The third-order valence-corrected chi connectivity index (χ3v) is 5.29. The third-order valence-electron chi connectivity index (χ3n) is 5.29. The molecule has 2 N–H and O–H groups in total. The Morgan fingerprint density at radius 2 is 1.84 bits per heavy atom. The molecule has 1 heterocycles. The van der Waals surface area contributed by atoms with Crippen LogP contribution in [0.4, 0.5) is 0 Å². The highest BCUT2D eigenvalue weighted by Gasteiger charge is 2.14. The minimum atomic E-state index is 0. The molecule has 2 aromatic rings. The Morgan fingerprint density at radius 3 is 2.62 bits per heavy atom. The first-order valence-corrected chi connectivity index (χ1v) is 11.2. The topological polar surface area (TPSA) is 64.1 Å². The summed E-state index contributed by atoms with van der Waals surface area (Å²) in [7, 11) is 1.71. The Bertz CT molecular complexity index is 826. The highest BCUT2D eigenvalue weighted by atomic mass is 127. The van der Waals surface area contributed by atoms with Crippen molar-refractivity contribution in [2.24, 2.45) is 4.99 Å². The van der Waals surface area contributed by atoms with Crippen LogP contribution < -0.4 is 15.4 Å². The summed E-state index contributed by atoms with van der Waals surface area (Å²) in [5.41, 5.74) is 3.55. The predicted molar refractivity (Wildman–Crippen MR) is 140 cm³/mol. The Hall–Kier alpha value is -1.84. The van der Waals surface area contributed by atoms with Gasteiger partial charge < -0.3 is 24.8 Å². The van der Waals surface area contributed by atoms with Crippen LogP contribution in [-0.2, 0) is 29.0 Å². The Labute approximate surface area is 209 Å². The monoisotopic (exact) mass is 553 g/mol. The van der Waals surface area contributed by atoms with Crippen molar-refractivity contribution in [1.82, 2.24) is 10.6 Å². The number of nitrogens with zero attached hydrogens (tertiary/aromatic N) is 1. The summed E-state index contributed by atoms with van der Waals surface area (Å²) in [4.78, 5) is 4.75. The molecule has 1 aliphatic heterocycles. The minimum Gasteiger partial charge on any atom is -0.496 e. The number of guanidine groups is 1. The van der Waals surface area contributed by atoms with Gasteiger partial charge in [-0.2, -0.15) is 0 Å². The summed E-state index contributed by atoms with van der Waals surface area (Å²) in [5.74, 6) is 1.74. The molecule has 0 saturated carbocycles. The van der Waals surface area contributed by atoms with Gasteiger partial charge in [0.25, 0.3) is 0 Å². The molecule has 1 fully saturated rings. The van der Waals surface area contributed by atoms with E-state index in [1.54, 1.807) is 7.11 Å². The van der Waals surface area contributed by atoms with E-state index in [1.807, 2.05) is 18.2 Å². The molecule has 6 nitrogen and oxygen atoms in total. The second kappa shape index (κ2) is 15.1. The van der Waals surface area contributed by atoms with Crippen LogP contribution in [0.25, 0.3) is 0 Å². The average molecular weight is 553 g/mol. The van der Waals surface area contributed by atoms with Gasteiger partial charge in [0.2, 0.25) is 0 Å². The highest BCUT2D eigenvalue weighted by Crippen LogP contribution is 2.17. The molecule has 0 aromatic heterocycles. The van der Waals surface area contributed by atoms with Gasteiger partial charge in [0.05, 0.1) is 26.4 Å². The van der Waals surface area contributed by atoms with Gasteiger partial charge in [-0.15, -0.1) is 24.0 Å². The lowest BCUT2D eigenvalue weighted by atomic mass is 10.1. The Morgan fingerprint density at radius 1 is 1.06 bits per heavy atom. The van der Waals surface area contributed by atoms with E-state index in [2.05, 4.69) is 47.9 Å². The number of nitrogens with one attached hydrogen (secondary N) is 2. The van der Waals surface area contributed by atoms with Gasteiger partial charge in [-0.25, -0.2) is 4.99 Å². The van der Waals surface area contributed by atoms with Gasteiger partial charge in [0, 0.05) is 26.3 Å². The van der Waals surface area contributed by atoms with E-state index >= 15 is 0 Å². The smallest absolute Gasteiger partial charge is 0.191 e. The number of para-hydroxylation sites is 1. The molecule has 1 aliphatic rings. The molecule has 3 rings (SSSR count). The van der Waals surface area contributed by atoms with Gasteiger partial charge in [0.1, 0.15) is 5.75 Å². The quantitative estimate of drug-likeness (QED) is 0.261. The number of rotatable bonds is 10. The first kappa shape index (κ1) is 26.4. The van der Waals surface area contributed by atoms with Crippen LogP contribution in [0.15, 0.2) is 53.5 Å². The summed E-state index contributed by atoms with van der Waals surface area (Å²) in [6.07, 6.45) is 3.14. The number of hydrogen-bond acceptors (Lipinski definition) is 4. The molecule has 0 spiro atoms. The maximum atomic E-state index is 6.05. The minimum absolute atomic E-state index is 0. The number of ether oxygens (including phenoxy) is 3. The molecule has 1 saturated heterocycles. The van der Waals surface area contributed by atoms with Crippen molar-refractivity contribution in [3.8, 4) is 5.75 Å². The van der Waals surface area contributed by atoms with Crippen LogP contribution in [0.3, 0.4) is 0 Å². The Kier molecular flexibility index (Phi) is 12.4. The lowest BCUT2D eigenvalue weighted by Crippen LogP contribution is -2.38. The maximum absolute atomic E-state index is 6.05. The van der Waals surface area contributed by atoms with E-state index in [-0.39, 0.29) is 24.0 Å². The molecule has 0 radical (unpaired) electrons. The number of methoxy groups -OCH3 is 1. The van der Waals surface area contributed by atoms with Crippen LogP contribution in [0.2, 0.25) is 0 Å². The molecule has 7 heteroatoms. The largest absolute Gasteiger partial charge is 0.496 e. The van der Waals surface area contributed by atoms with E-state index < -0.39 is 0 Å². The molecule has 32 heavy (non-hydrogen) atoms. The molecule has 0 bridgehead atoms. The van der Waals surface area contributed by atoms with Crippen molar-refractivity contribution in [3.63, 3.8) is 0 Å². The molecule has 0 unspecified atom stereocenters. The number of benzene rings is 2. The molecular weight excluding hydrogens is 517 g/mol. The van der Waals surface area contributed by atoms with E-state index in [0.29, 0.717) is 19.3 Å². The zero-order valence-electron chi connectivity index (χ0n) is 19.1. The van der Waals surface area contributed by atoms with Crippen molar-refractivity contribution >= 4 is 29.9 Å². The predicted octanol–water partition coefficient (Wildman–Crippen LogP) is 4.31. The molecule has 0 amide bonds. The van der Waals surface area contributed by atoms with E-state index in [4.69, 9.17) is 19.2 Å². The second-order valence-corrected chi connectivity index (χ2v) is 7.63. The van der Waals surface area contributed by atoms with Crippen LogP contribution >= 0.6 is 24.0 Å². The van der Waals surface area contributed by atoms with Crippen LogP contribution in [-0.4, -0.2) is 45.5 Å². The number of halogens is 1. The zero-order valence-corrected chi connectivity index (χ0v) is 21.5. The molecule has 0 atom stereocenters. The van der Waals surface area contributed by atoms with E-state index in [9.17, 15) is 0 Å². The Balaban J connectivity index is 0.00000363. The van der Waals surface area contributed by atoms with Gasteiger partial charge in [-0.3, -0.25) is 0 Å². The fourth-order valence-corrected chi connectivity index (χ4v) is 3.61. The summed E-state index contributed by atoms with van der Waals surface area (Å²) in [5, 5.41) is 6.74. The van der Waals surface area contributed by atoms with Crippen molar-refractivity contribution in [3.05, 3.63) is 65.2 Å². The van der Waals surface area contributed by atoms with Crippen molar-refractivity contribution in [2.45, 2.75) is 45.4 Å². The molecule has 2 aromatic carbocycles. The average Bonchev–Trinajstić information content (AvgIpc) is 2.82. The normalized spacial score (nSPS) is 14.5. The number of hydrogen-bond donors (Lipinski definition) is 2. The lowest BCUT2D eigenvalue weighted by Gasteiger charge is -2.22. The standard InChI is InChI=1S/C25H35N3O3.HI/c1-3-26-25(27-14-11-22-9-4-5-10-24(22)29-2)28-18-20-7-6-8-21(17-20)19-31-23-12-15-30-16-13-23;/h4-10,17,23H,3,11-16,18-19H2,1-2H3,(H2,26,27,28);1H. The SMILES string of the molecule is CCNC(=NCc1cccc(COC2CCOCC2)c1)NCCc1ccccc1OC.I. The van der Waals surface area contributed by atoms with Gasteiger partial charge in [0.15, 0.2) is 5.96 Å². The van der Waals surface area contributed by atoms with Crippen molar-refractivity contribution < 1.29 is 14.2 Å². The van der Waals surface area contributed by atoms with E-state index in [1.165, 1.54) is 16.7 Å². The van der Waals surface area contributed by atoms with Gasteiger partial charge in [-0.1, -0.05) is 42.5 Å². The first-order chi connectivity index (χ1) is 15.3. The fraction of sp³-hybridized carbons (Fsp3) is 0.480. The van der Waals surface area contributed by atoms with E-state index in [0.717, 1.165) is 57.3 Å². The van der Waals surface area contributed by atoms with Crippen LogP contribution in [0, 0.1) is 0 Å². The highest BCUT2D eigenvalue weighted by molar-refractivity contribution is 14.0. The van der Waals surface area contributed by atoms with Gasteiger partial charge in [-0.05, 0) is 48.9 Å².